The molecule has 0 radical (unpaired) electrons. The molecule has 0 saturated heterocycles. The molecule has 0 aliphatic heterocycles. The Bertz CT molecular complexity index is 1030. The average Bonchev–Trinajstić information content (AvgIpc) is 3.41. The fourth-order valence-electron chi connectivity index (χ4n) is 2.88. The highest BCUT2D eigenvalue weighted by atomic mass is 19.1. The van der Waals surface area contributed by atoms with Gasteiger partial charge in [0.15, 0.2) is 0 Å². The van der Waals surface area contributed by atoms with Gasteiger partial charge < -0.3 is 9.47 Å². The molecule has 1 N–H and O–H groups in total. The van der Waals surface area contributed by atoms with Crippen LogP contribution in [0.5, 0.6) is 0 Å². The molecule has 0 unspecified atom stereocenters. The van der Waals surface area contributed by atoms with Crippen molar-refractivity contribution in [2.45, 2.75) is 13.1 Å². The number of tetrazole rings is 1. The highest BCUT2D eigenvalue weighted by Crippen LogP contribution is 2.20. The standard InChI is InChI=1S/C19H19FN8/c1-27(11-14-2-4-16(20)5-3-14)8-9-28-12-18(22-13-28)17-10-15(6-7-21-17)19-23-25-26-24-19/h2-7,10,12-13H,8-9,11H2,1H3,(H,23,24,25,26). The molecule has 0 aliphatic carbocycles. The van der Waals surface area contributed by atoms with Crippen LogP contribution in [-0.2, 0) is 13.1 Å². The van der Waals surface area contributed by atoms with Crippen LogP contribution in [0.25, 0.3) is 22.8 Å². The predicted octanol–water partition coefficient (Wildman–Crippen LogP) is 2.40. The smallest absolute Gasteiger partial charge is 0.204 e. The number of H-pyrrole nitrogens is 1. The monoisotopic (exact) mass is 378 g/mol. The Morgan fingerprint density at radius 2 is 1.96 bits per heavy atom. The van der Waals surface area contributed by atoms with Crippen LogP contribution in [0.4, 0.5) is 4.39 Å². The van der Waals surface area contributed by atoms with Crippen molar-refractivity contribution >= 4 is 0 Å². The number of aromatic nitrogens is 7. The van der Waals surface area contributed by atoms with Gasteiger partial charge in [-0.1, -0.05) is 12.1 Å². The fourth-order valence-corrected chi connectivity index (χ4v) is 2.88. The molecular formula is C19H19FN8. The SMILES string of the molecule is CN(CCn1cnc(-c2cc(-c3nn[nH]n3)ccn2)c1)Cc1ccc(F)cc1. The average molecular weight is 378 g/mol. The number of likely N-dealkylation sites (N-methyl/N-ethyl adjacent to an activating group) is 1. The summed E-state index contributed by atoms with van der Waals surface area (Å²) in [6, 6.07) is 10.3. The molecule has 0 bridgehead atoms. The van der Waals surface area contributed by atoms with E-state index in [2.05, 4.69) is 35.5 Å². The van der Waals surface area contributed by atoms with E-state index in [1.807, 2.05) is 42.1 Å². The molecule has 0 aliphatic rings. The largest absolute Gasteiger partial charge is 0.335 e. The number of aromatic amines is 1. The molecule has 8 nitrogen and oxygen atoms in total. The number of pyridine rings is 1. The van der Waals surface area contributed by atoms with E-state index in [1.54, 1.807) is 12.5 Å². The summed E-state index contributed by atoms with van der Waals surface area (Å²) in [5.74, 6) is 0.305. The van der Waals surface area contributed by atoms with E-state index in [4.69, 9.17) is 0 Å². The molecule has 0 spiro atoms. The van der Waals surface area contributed by atoms with Crippen molar-refractivity contribution in [2.75, 3.05) is 13.6 Å². The number of hydrogen-bond acceptors (Lipinski definition) is 6. The summed E-state index contributed by atoms with van der Waals surface area (Å²) >= 11 is 0. The van der Waals surface area contributed by atoms with E-state index in [9.17, 15) is 4.39 Å². The number of rotatable bonds is 7. The zero-order valence-corrected chi connectivity index (χ0v) is 15.3. The summed E-state index contributed by atoms with van der Waals surface area (Å²) < 4.78 is 15.0. The van der Waals surface area contributed by atoms with Gasteiger partial charge in [-0.05, 0) is 42.1 Å². The Labute approximate surface area is 161 Å². The van der Waals surface area contributed by atoms with Crippen molar-refractivity contribution < 1.29 is 4.39 Å². The first kappa shape index (κ1) is 17.9. The van der Waals surface area contributed by atoms with Crippen LogP contribution in [0.1, 0.15) is 5.56 Å². The third-order valence-electron chi connectivity index (χ3n) is 4.36. The van der Waals surface area contributed by atoms with Crippen LogP contribution in [0.2, 0.25) is 0 Å². The number of nitrogens with one attached hydrogen (secondary N) is 1. The van der Waals surface area contributed by atoms with Crippen molar-refractivity contribution in [3.8, 4) is 22.8 Å². The quantitative estimate of drug-likeness (QED) is 0.531. The molecule has 142 valence electrons. The summed E-state index contributed by atoms with van der Waals surface area (Å²) in [5.41, 5.74) is 3.44. The Balaban J connectivity index is 1.38. The van der Waals surface area contributed by atoms with Crippen molar-refractivity contribution in [3.63, 3.8) is 0 Å². The van der Waals surface area contributed by atoms with E-state index in [0.29, 0.717) is 5.82 Å². The molecule has 28 heavy (non-hydrogen) atoms. The van der Waals surface area contributed by atoms with E-state index in [-0.39, 0.29) is 5.82 Å². The lowest BCUT2D eigenvalue weighted by atomic mass is 10.2. The number of benzene rings is 1. The molecule has 1 aromatic carbocycles. The Hall–Kier alpha value is -3.46. The second-order valence-electron chi connectivity index (χ2n) is 6.53. The second-order valence-corrected chi connectivity index (χ2v) is 6.53. The lowest BCUT2D eigenvalue weighted by Crippen LogP contribution is -2.22. The first-order chi connectivity index (χ1) is 13.7. The Kier molecular flexibility index (Phi) is 5.16. The summed E-state index contributed by atoms with van der Waals surface area (Å²) in [6.45, 7) is 2.38. The normalized spacial score (nSPS) is 11.2. The summed E-state index contributed by atoms with van der Waals surface area (Å²) in [4.78, 5) is 11.0. The van der Waals surface area contributed by atoms with Crippen LogP contribution in [-0.4, -0.2) is 53.7 Å². The topological polar surface area (TPSA) is 88.4 Å². The lowest BCUT2D eigenvalue weighted by molar-refractivity contribution is 0.311. The molecule has 0 fully saturated rings. The van der Waals surface area contributed by atoms with Crippen LogP contribution in [0, 0.1) is 5.82 Å². The van der Waals surface area contributed by atoms with Crippen LogP contribution in [0.3, 0.4) is 0 Å². The van der Waals surface area contributed by atoms with Gasteiger partial charge in [-0.15, -0.1) is 10.2 Å². The summed E-state index contributed by atoms with van der Waals surface area (Å²) in [7, 11) is 2.04. The number of imidazole rings is 1. The Morgan fingerprint density at radius 3 is 2.75 bits per heavy atom. The van der Waals surface area contributed by atoms with Crippen molar-refractivity contribution in [1.29, 1.82) is 0 Å². The van der Waals surface area contributed by atoms with Crippen molar-refractivity contribution in [1.82, 2.24) is 40.1 Å². The molecule has 3 aromatic heterocycles. The number of halogens is 1. The third-order valence-corrected chi connectivity index (χ3v) is 4.36. The van der Waals surface area contributed by atoms with E-state index in [0.717, 1.165) is 42.1 Å². The third kappa shape index (κ3) is 4.26. The van der Waals surface area contributed by atoms with E-state index < -0.39 is 0 Å². The molecule has 3 heterocycles. The molecule has 0 saturated carbocycles. The first-order valence-electron chi connectivity index (χ1n) is 8.82. The van der Waals surface area contributed by atoms with Gasteiger partial charge in [0.2, 0.25) is 5.82 Å². The zero-order chi connectivity index (χ0) is 19.3. The number of hydrogen-bond donors (Lipinski definition) is 1. The second kappa shape index (κ2) is 8.05. The predicted molar refractivity (Wildman–Crippen MR) is 101 cm³/mol. The van der Waals surface area contributed by atoms with Crippen LogP contribution < -0.4 is 0 Å². The van der Waals surface area contributed by atoms with E-state index in [1.165, 1.54) is 12.1 Å². The first-order valence-corrected chi connectivity index (χ1v) is 8.82. The summed E-state index contributed by atoms with van der Waals surface area (Å²) in [5, 5.41) is 14.0. The molecule has 0 atom stereocenters. The maximum atomic E-state index is 13.0. The Morgan fingerprint density at radius 1 is 1.11 bits per heavy atom. The highest BCUT2D eigenvalue weighted by molar-refractivity contribution is 5.63. The lowest BCUT2D eigenvalue weighted by Gasteiger charge is -2.16. The molecule has 0 amide bonds. The van der Waals surface area contributed by atoms with Crippen LogP contribution >= 0.6 is 0 Å². The summed E-state index contributed by atoms with van der Waals surface area (Å²) in [6.07, 6.45) is 5.47. The maximum Gasteiger partial charge on any atom is 0.204 e. The van der Waals surface area contributed by atoms with Gasteiger partial charge in [0.25, 0.3) is 0 Å². The van der Waals surface area contributed by atoms with Crippen molar-refractivity contribution in [3.05, 3.63) is 66.5 Å². The van der Waals surface area contributed by atoms with Gasteiger partial charge in [0.05, 0.1) is 12.0 Å². The van der Waals surface area contributed by atoms with Crippen molar-refractivity contribution in [2.24, 2.45) is 0 Å². The minimum atomic E-state index is -0.214. The minimum Gasteiger partial charge on any atom is -0.335 e. The zero-order valence-electron chi connectivity index (χ0n) is 15.3. The molecular weight excluding hydrogens is 359 g/mol. The van der Waals surface area contributed by atoms with Gasteiger partial charge in [-0.25, -0.2) is 9.37 Å². The van der Waals surface area contributed by atoms with Gasteiger partial charge in [0, 0.05) is 37.6 Å². The number of nitrogens with zero attached hydrogens (tertiary/aromatic N) is 7. The van der Waals surface area contributed by atoms with Gasteiger partial charge in [-0.3, -0.25) is 4.98 Å². The molecule has 9 heteroatoms. The van der Waals surface area contributed by atoms with Gasteiger partial charge >= 0.3 is 0 Å². The van der Waals surface area contributed by atoms with Gasteiger partial charge in [-0.2, -0.15) is 5.21 Å². The van der Waals surface area contributed by atoms with Crippen LogP contribution in [0.15, 0.2) is 55.1 Å². The molecule has 4 rings (SSSR count). The fraction of sp³-hybridized carbons (Fsp3) is 0.211. The van der Waals surface area contributed by atoms with E-state index >= 15 is 0 Å². The maximum absolute atomic E-state index is 13.0. The van der Waals surface area contributed by atoms with Gasteiger partial charge in [0.1, 0.15) is 11.5 Å². The molecule has 4 aromatic rings. The minimum absolute atomic E-state index is 0.214. The highest BCUT2D eigenvalue weighted by Gasteiger charge is 2.09.